The van der Waals surface area contributed by atoms with Gasteiger partial charge in [-0.2, -0.15) is 0 Å². The minimum atomic E-state index is -0.267. The summed E-state index contributed by atoms with van der Waals surface area (Å²) < 4.78 is 12.5. The number of pyridine rings is 1. The van der Waals surface area contributed by atoms with Crippen LogP contribution in [0.25, 0.3) is 0 Å². The zero-order valence-corrected chi connectivity index (χ0v) is 9.21. The molecular weight excluding hydrogens is 226 g/mol. The van der Waals surface area contributed by atoms with Crippen molar-refractivity contribution >= 4 is 24.8 Å². The Kier molecular flexibility index (Phi) is 6.00. The van der Waals surface area contributed by atoms with Gasteiger partial charge in [0.25, 0.3) is 0 Å². The van der Waals surface area contributed by atoms with Gasteiger partial charge in [0, 0.05) is 6.04 Å². The van der Waals surface area contributed by atoms with Crippen molar-refractivity contribution in [3.05, 3.63) is 29.8 Å². The van der Waals surface area contributed by atoms with Crippen molar-refractivity contribution in [2.24, 2.45) is 0 Å². The van der Waals surface area contributed by atoms with Gasteiger partial charge in [-0.1, -0.05) is 0 Å². The maximum absolute atomic E-state index is 12.5. The van der Waals surface area contributed by atoms with E-state index in [9.17, 15) is 4.39 Å². The predicted octanol–water partition coefficient (Wildman–Crippen LogP) is 2.49. The fraction of sp³-hybridized carbons (Fsp3) is 0.444. The summed E-state index contributed by atoms with van der Waals surface area (Å²) in [5.74, 6) is -0.267. The Morgan fingerprint density at radius 1 is 1.36 bits per heavy atom. The number of aromatic nitrogens is 1. The highest BCUT2D eigenvalue weighted by molar-refractivity contribution is 5.85. The van der Waals surface area contributed by atoms with Gasteiger partial charge in [-0.15, -0.1) is 24.8 Å². The van der Waals surface area contributed by atoms with Crippen LogP contribution in [0.2, 0.25) is 0 Å². The second kappa shape index (κ2) is 6.17. The lowest BCUT2D eigenvalue weighted by Gasteiger charge is -2.07. The van der Waals surface area contributed by atoms with Crippen LogP contribution < -0.4 is 5.32 Å². The van der Waals surface area contributed by atoms with Crippen LogP contribution in [0.5, 0.6) is 0 Å². The second-order valence-corrected chi connectivity index (χ2v) is 3.05. The van der Waals surface area contributed by atoms with E-state index in [0.29, 0.717) is 6.04 Å². The normalized spacial score (nSPS) is 19.6. The Morgan fingerprint density at radius 2 is 2.14 bits per heavy atom. The molecule has 1 aromatic rings. The van der Waals surface area contributed by atoms with Crippen LogP contribution in [0.4, 0.5) is 4.39 Å². The fourth-order valence-corrected chi connectivity index (χ4v) is 1.53. The number of halogens is 3. The van der Waals surface area contributed by atoms with E-state index in [1.165, 1.54) is 18.7 Å². The standard InChI is InChI=1S/C9H11FN2.2ClH/c10-7-3-4-9(12-6-7)8-2-1-5-11-8;;/h3-4,6,8,11H,1-2,5H2;2*1H/t8-;;/m0../s1. The molecule has 0 bridgehead atoms. The molecule has 2 nitrogen and oxygen atoms in total. The van der Waals surface area contributed by atoms with E-state index in [-0.39, 0.29) is 30.6 Å². The molecule has 1 aromatic heterocycles. The number of hydrogen-bond acceptors (Lipinski definition) is 2. The van der Waals surface area contributed by atoms with Crippen molar-refractivity contribution in [3.8, 4) is 0 Å². The third kappa shape index (κ3) is 3.08. The lowest BCUT2D eigenvalue weighted by Crippen LogP contribution is -2.13. The maximum atomic E-state index is 12.5. The molecule has 1 saturated heterocycles. The molecule has 0 unspecified atom stereocenters. The zero-order valence-electron chi connectivity index (χ0n) is 7.57. The highest BCUT2D eigenvalue weighted by Crippen LogP contribution is 2.20. The summed E-state index contributed by atoms with van der Waals surface area (Å²) in [4.78, 5) is 4.02. The average Bonchev–Trinajstić information content (AvgIpc) is 2.58. The van der Waals surface area contributed by atoms with Crippen molar-refractivity contribution in [2.45, 2.75) is 18.9 Å². The zero-order chi connectivity index (χ0) is 8.39. The minimum Gasteiger partial charge on any atom is -0.309 e. The molecule has 0 amide bonds. The molecule has 0 spiro atoms. The fourth-order valence-electron chi connectivity index (χ4n) is 1.53. The molecule has 2 rings (SSSR count). The van der Waals surface area contributed by atoms with Gasteiger partial charge in [-0.25, -0.2) is 4.39 Å². The summed E-state index contributed by atoms with van der Waals surface area (Å²) in [5, 5.41) is 3.31. The van der Waals surface area contributed by atoms with Gasteiger partial charge < -0.3 is 5.32 Å². The molecule has 0 aromatic carbocycles. The van der Waals surface area contributed by atoms with E-state index >= 15 is 0 Å². The van der Waals surface area contributed by atoms with Gasteiger partial charge in [-0.3, -0.25) is 4.98 Å². The highest BCUT2D eigenvalue weighted by atomic mass is 35.5. The maximum Gasteiger partial charge on any atom is 0.141 e. The Labute approximate surface area is 95.1 Å². The minimum absolute atomic E-state index is 0. The third-order valence-electron chi connectivity index (χ3n) is 2.17. The monoisotopic (exact) mass is 238 g/mol. The van der Waals surface area contributed by atoms with Gasteiger partial charge in [0.1, 0.15) is 5.82 Å². The van der Waals surface area contributed by atoms with Crippen LogP contribution in [-0.4, -0.2) is 11.5 Å². The second-order valence-electron chi connectivity index (χ2n) is 3.05. The van der Waals surface area contributed by atoms with Gasteiger partial charge >= 0.3 is 0 Å². The van der Waals surface area contributed by atoms with Crippen molar-refractivity contribution in [3.63, 3.8) is 0 Å². The first-order chi connectivity index (χ1) is 5.86. The average molecular weight is 239 g/mol. The van der Waals surface area contributed by atoms with Crippen LogP contribution in [0.15, 0.2) is 18.3 Å². The van der Waals surface area contributed by atoms with E-state index in [0.717, 1.165) is 18.7 Å². The molecule has 1 aliphatic rings. The van der Waals surface area contributed by atoms with E-state index in [4.69, 9.17) is 0 Å². The van der Waals surface area contributed by atoms with Crippen LogP contribution in [0.1, 0.15) is 24.6 Å². The molecule has 5 heteroatoms. The molecule has 14 heavy (non-hydrogen) atoms. The number of rotatable bonds is 1. The van der Waals surface area contributed by atoms with Crippen LogP contribution in [-0.2, 0) is 0 Å². The molecular formula is C9H13Cl2FN2. The lowest BCUT2D eigenvalue weighted by molar-refractivity contribution is 0.598. The summed E-state index contributed by atoms with van der Waals surface area (Å²) in [6.45, 7) is 1.05. The van der Waals surface area contributed by atoms with Crippen LogP contribution >= 0.6 is 24.8 Å². The topological polar surface area (TPSA) is 24.9 Å². The molecule has 80 valence electrons. The summed E-state index contributed by atoms with van der Waals surface area (Å²) >= 11 is 0. The third-order valence-corrected chi connectivity index (χ3v) is 2.17. The van der Waals surface area contributed by atoms with Crippen molar-refractivity contribution in [2.75, 3.05) is 6.54 Å². The number of nitrogens with one attached hydrogen (secondary N) is 1. The van der Waals surface area contributed by atoms with Crippen molar-refractivity contribution < 1.29 is 4.39 Å². The van der Waals surface area contributed by atoms with Crippen molar-refractivity contribution in [1.29, 1.82) is 0 Å². The van der Waals surface area contributed by atoms with Gasteiger partial charge in [0.2, 0.25) is 0 Å². The predicted molar refractivity (Wildman–Crippen MR) is 58.7 cm³/mol. The Morgan fingerprint density at radius 3 is 2.64 bits per heavy atom. The number of nitrogens with zero attached hydrogens (tertiary/aromatic N) is 1. The molecule has 0 radical (unpaired) electrons. The van der Waals surface area contributed by atoms with Crippen molar-refractivity contribution in [1.82, 2.24) is 10.3 Å². The summed E-state index contributed by atoms with van der Waals surface area (Å²) in [6, 6.07) is 3.55. The molecule has 2 heterocycles. The Balaban J connectivity index is 0.000000845. The first-order valence-corrected chi connectivity index (χ1v) is 4.21. The smallest absolute Gasteiger partial charge is 0.141 e. The molecule has 0 saturated carbocycles. The van der Waals surface area contributed by atoms with E-state index in [1.807, 2.05) is 0 Å². The SMILES string of the molecule is Cl.Cl.Fc1ccc([C@@H]2CCCN2)nc1. The molecule has 1 fully saturated rings. The van der Waals surface area contributed by atoms with Gasteiger partial charge in [0.05, 0.1) is 11.9 Å². The summed E-state index contributed by atoms with van der Waals surface area (Å²) in [6.07, 6.45) is 3.57. The quantitative estimate of drug-likeness (QED) is 0.814. The van der Waals surface area contributed by atoms with Gasteiger partial charge in [0.15, 0.2) is 0 Å². The summed E-state index contributed by atoms with van der Waals surface area (Å²) in [7, 11) is 0. The first-order valence-electron chi connectivity index (χ1n) is 4.21. The Bertz CT molecular complexity index is 260. The molecule has 1 aliphatic heterocycles. The van der Waals surface area contributed by atoms with E-state index in [2.05, 4.69) is 10.3 Å². The molecule has 0 aliphatic carbocycles. The van der Waals surface area contributed by atoms with E-state index in [1.54, 1.807) is 6.07 Å². The van der Waals surface area contributed by atoms with Crippen LogP contribution in [0, 0.1) is 5.82 Å². The molecule has 1 N–H and O–H groups in total. The number of hydrogen-bond donors (Lipinski definition) is 1. The first kappa shape index (κ1) is 13.6. The van der Waals surface area contributed by atoms with Crippen LogP contribution in [0.3, 0.4) is 0 Å². The largest absolute Gasteiger partial charge is 0.309 e. The molecule has 1 atom stereocenters. The van der Waals surface area contributed by atoms with E-state index < -0.39 is 0 Å². The summed E-state index contributed by atoms with van der Waals surface area (Å²) in [5.41, 5.74) is 0.953. The van der Waals surface area contributed by atoms with Gasteiger partial charge in [-0.05, 0) is 31.5 Å². The Hall–Kier alpha value is -0.380. The highest BCUT2D eigenvalue weighted by Gasteiger charge is 2.16. The lowest BCUT2D eigenvalue weighted by atomic mass is 10.1.